The van der Waals surface area contributed by atoms with E-state index >= 15 is 0 Å². The van der Waals surface area contributed by atoms with Crippen LogP contribution in [-0.4, -0.2) is 16.4 Å². The Morgan fingerprint density at radius 1 is 1.16 bits per heavy atom. The number of hydrazine groups is 1. The first kappa shape index (κ1) is 13.0. The molecule has 0 saturated carbocycles. The molecule has 98 valence electrons. The van der Waals surface area contributed by atoms with Gasteiger partial charge in [-0.1, -0.05) is 12.1 Å². The molecule has 2 aromatic rings. The zero-order chi connectivity index (χ0) is 13.7. The summed E-state index contributed by atoms with van der Waals surface area (Å²) in [6.07, 6.45) is 1.50. The zero-order valence-electron chi connectivity index (χ0n) is 9.83. The molecule has 2 N–H and O–H groups in total. The summed E-state index contributed by atoms with van der Waals surface area (Å²) in [6.45, 7) is -0.148. The van der Waals surface area contributed by atoms with E-state index in [1.807, 2.05) is 0 Å². The summed E-state index contributed by atoms with van der Waals surface area (Å²) in [4.78, 5) is 35.0. The van der Waals surface area contributed by atoms with Crippen molar-refractivity contribution in [2.24, 2.45) is 0 Å². The molecular weight excluding hydrogens is 266 g/mol. The number of pyridine rings is 1. The molecule has 0 atom stereocenters. The summed E-state index contributed by atoms with van der Waals surface area (Å²) < 4.78 is 1.24. The Balaban J connectivity index is 1.87. The zero-order valence-corrected chi connectivity index (χ0v) is 10.6. The molecule has 7 heteroatoms. The molecule has 0 saturated heterocycles. The minimum absolute atomic E-state index is 0.148. The average molecular weight is 277 g/mol. The number of carbonyl (C=O) groups is 2. The van der Waals surface area contributed by atoms with E-state index < -0.39 is 5.91 Å². The third-order valence-corrected chi connectivity index (χ3v) is 3.14. The van der Waals surface area contributed by atoms with Crippen LogP contribution >= 0.6 is 11.3 Å². The highest BCUT2D eigenvalue weighted by Crippen LogP contribution is 2.06. The lowest BCUT2D eigenvalue weighted by Crippen LogP contribution is -2.43. The van der Waals surface area contributed by atoms with Crippen molar-refractivity contribution in [3.63, 3.8) is 0 Å². The van der Waals surface area contributed by atoms with Gasteiger partial charge in [0.2, 0.25) is 0 Å². The van der Waals surface area contributed by atoms with Crippen LogP contribution in [0.2, 0.25) is 0 Å². The highest BCUT2D eigenvalue weighted by molar-refractivity contribution is 7.12. The second kappa shape index (κ2) is 5.96. The van der Waals surface area contributed by atoms with E-state index in [4.69, 9.17) is 0 Å². The number of thiophene rings is 1. The lowest BCUT2D eigenvalue weighted by atomic mass is 10.4. The third-order valence-electron chi connectivity index (χ3n) is 2.27. The largest absolute Gasteiger partial charge is 0.306 e. The van der Waals surface area contributed by atoms with Crippen LogP contribution in [0, 0.1) is 0 Å². The Hall–Kier alpha value is -2.41. The van der Waals surface area contributed by atoms with Gasteiger partial charge in [-0.15, -0.1) is 11.3 Å². The molecule has 0 fully saturated rings. The van der Waals surface area contributed by atoms with Gasteiger partial charge in [-0.25, -0.2) is 0 Å². The van der Waals surface area contributed by atoms with Crippen molar-refractivity contribution in [3.8, 4) is 0 Å². The number of carbonyl (C=O) groups excluding carboxylic acids is 2. The molecule has 0 aliphatic heterocycles. The Kier molecular flexibility index (Phi) is 4.09. The fourth-order valence-corrected chi connectivity index (χ4v) is 2.00. The van der Waals surface area contributed by atoms with Crippen LogP contribution in [-0.2, 0) is 11.3 Å². The van der Waals surface area contributed by atoms with Crippen molar-refractivity contribution in [1.82, 2.24) is 15.4 Å². The quantitative estimate of drug-likeness (QED) is 0.795. The molecule has 0 aliphatic carbocycles. The molecular formula is C12H11N3O3S. The Labute approximate surface area is 112 Å². The molecule has 2 aromatic heterocycles. The van der Waals surface area contributed by atoms with Crippen LogP contribution in [0.15, 0.2) is 46.7 Å². The predicted molar refractivity (Wildman–Crippen MR) is 70.6 cm³/mol. The number of amides is 2. The fraction of sp³-hybridized carbons (Fsp3) is 0.0833. The molecule has 2 rings (SSSR count). The third kappa shape index (κ3) is 3.52. The molecule has 2 amide bonds. The van der Waals surface area contributed by atoms with Gasteiger partial charge in [0, 0.05) is 12.3 Å². The summed E-state index contributed by atoms with van der Waals surface area (Å²) in [7, 11) is 0. The van der Waals surface area contributed by atoms with Crippen molar-refractivity contribution in [2.45, 2.75) is 6.54 Å². The van der Waals surface area contributed by atoms with Gasteiger partial charge in [0.1, 0.15) is 6.54 Å². The van der Waals surface area contributed by atoms with Crippen LogP contribution in [0.25, 0.3) is 0 Å². The summed E-state index contributed by atoms with van der Waals surface area (Å²) in [6, 6.07) is 7.99. The smallest absolute Gasteiger partial charge is 0.279 e. The summed E-state index contributed by atoms with van der Waals surface area (Å²) in [5.41, 5.74) is 4.26. The van der Waals surface area contributed by atoms with Crippen LogP contribution in [0.3, 0.4) is 0 Å². The van der Waals surface area contributed by atoms with Crippen molar-refractivity contribution < 1.29 is 9.59 Å². The number of nitrogens with one attached hydrogen (secondary N) is 2. The minimum Gasteiger partial charge on any atom is -0.306 e. The van der Waals surface area contributed by atoms with E-state index in [1.54, 1.807) is 29.6 Å². The number of rotatable bonds is 3. The van der Waals surface area contributed by atoms with Crippen molar-refractivity contribution in [1.29, 1.82) is 0 Å². The first-order valence-electron chi connectivity index (χ1n) is 5.45. The van der Waals surface area contributed by atoms with Crippen LogP contribution in [0.1, 0.15) is 9.67 Å². The summed E-state index contributed by atoms with van der Waals surface area (Å²) in [5.74, 6) is -0.859. The van der Waals surface area contributed by atoms with E-state index in [0.29, 0.717) is 4.88 Å². The van der Waals surface area contributed by atoms with Crippen LogP contribution in [0.5, 0.6) is 0 Å². The maximum atomic E-state index is 11.6. The lowest BCUT2D eigenvalue weighted by Gasteiger charge is -2.07. The SMILES string of the molecule is O=C(Cn1ccccc1=O)NNC(=O)c1cccs1. The number of hydrogen-bond acceptors (Lipinski definition) is 4. The van der Waals surface area contributed by atoms with Crippen LogP contribution < -0.4 is 16.4 Å². The highest BCUT2D eigenvalue weighted by Gasteiger charge is 2.08. The number of nitrogens with zero attached hydrogens (tertiary/aromatic N) is 1. The molecule has 0 aromatic carbocycles. The van der Waals surface area contributed by atoms with Gasteiger partial charge in [-0.05, 0) is 17.5 Å². The van der Waals surface area contributed by atoms with E-state index in [-0.39, 0.29) is 18.0 Å². The van der Waals surface area contributed by atoms with Crippen molar-refractivity contribution in [2.75, 3.05) is 0 Å². The van der Waals surface area contributed by atoms with Crippen molar-refractivity contribution >= 4 is 23.2 Å². The normalized spacial score (nSPS) is 9.89. The second-order valence-corrected chi connectivity index (χ2v) is 4.59. The molecule has 6 nitrogen and oxygen atoms in total. The maximum Gasteiger partial charge on any atom is 0.279 e. The van der Waals surface area contributed by atoms with Crippen LogP contribution in [0.4, 0.5) is 0 Å². The van der Waals surface area contributed by atoms with Gasteiger partial charge in [0.25, 0.3) is 17.4 Å². The van der Waals surface area contributed by atoms with E-state index in [0.717, 1.165) is 0 Å². The Bertz CT molecular complexity index is 634. The number of aromatic nitrogens is 1. The highest BCUT2D eigenvalue weighted by atomic mass is 32.1. The standard InChI is InChI=1S/C12H11N3O3S/c16-10(8-15-6-2-1-5-11(15)17)13-14-12(18)9-4-3-7-19-9/h1-7H,8H2,(H,13,16)(H,14,18). The van der Waals surface area contributed by atoms with E-state index in [1.165, 1.54) is 28.2 Å². The first-order valence-corrected chi connectivity index (χ1v) is 6.33. The molecule has 19 heavy (non-hydrogen) atoms. The average Bonchev–Trinajstić information content (AvgIpc) is 2.93. The van der Waals surface area contributed by atoms with Gasteiger partial charge in [-0.3, -0.25) is 25.2 Å². The Morgan fingerprint density at radius 3 is 2.68 bits per heavy atom. The molecule has 0 unspecified atom stereocenters. The second-order valence-electron chi connectivity index (χ2n) is 3.65. The molecule has 0 bridgehead atoms. The predicted octanol–water partition coefficient (Wildman–Crippen LogP) is 0.371. The minimum atomic E-state index is -0.474. The Morgan fingerprint density at radius 2 is 2.00 bits per heavy atom. The lowest BCUT2D eigenvalue weighted by molar-refractivity contribution is -0.122. The number of hydrogen-bond donors (Lipinski definition) is 2. The topological polar surface area (TPSA) is 80.2 Å². The molecule has 2 heterocycles. The van der Waals surface area contributed by atoms with Gasteiger partial charge < -0.3 is 4.57 Å². The molecule has 0 radical (unpaired) electrons. The van der Waals surface area contributed by atoms with Gasteiger partial charge in [0.05, 0.1) is 4.88 Å². The maximum absolute atomic E-state index is 11.6. The first-order chi connectivity index (χ1) is 9.16. The molecule has 0 aliphatic rings. The van der Waals surface area contributed by atoms with Crippen molar-refractivity contribution in [3.05, 3.63) is 57.1 Å². The monoisotopic (exact) mass is 277 g/mol. The summed E-state index contributed by atoms with van der Waals surface area (Å²) in [5, 5.41) is 1.76. The summed E-state index contributed by atoms with van der Waals surface area (Å²) >= 11 is 1.27. The fourth-order valence-electron chi connectivity index (χ4n) is 1.38. The van der Waals surface area contributed by atoms with Gasteiger partial charge in [-0.2, -0.15) is 0 Å². The molecule has 0 spiro atoms. The van der Waals surface area contributed by atoms with Gasteiger partial charge >= 0.3 is 0 Å². The van der Waals surface area contributed by atoms with Gasteiger partial charge in [0.15, 0.2) is 0 Å². The van der Waals surface area contributed by atoms with E-state index in [2.05, 4.69) is 10.9 Å². The van der Waals surface area contributed by atoms with E-state index in [9.17, 15) is 14.4 Å².